The van der Waals surface area contributed by atoms with Gasteiger partial charge in [0.2, 0.25) is 0 Å². The maximum Gasteiger partial charge on any atom is 0.187 e. The summed E-state index contributed by atoms with van der Waals surface area (Å²) < 4.78 is 0. The predicted octanol–water partition coefficient (Wildman–Crippen LogP) is 3.61. The van der Waals surface area contributed by atoms with Gasteiger partial charge < -0.3 is 5.11 Å². The first kappa shape index (κ1) is 16.6. The van der Waals surface area contributed by atoms with Crippen LogP contribution in [0.2, 0.25) is 0 Å². The Kier molecular flexibility index (Phi) is 3.91. The minimum Gasteiger partial charge on any atom is -0.388 e. The fraction of sp³-hybridized carbons (Fsp3) is 0.700. The quantitative estimate of drug-likeness (QED) is 0.695. The maximum atomic E-state index is 13.0. The van der Waals surface area contributed by atoms with Crippen LogP contribution in [-0.4, -0.2) is 22.8 Å². The largest absolute Gasteiger partial charge is 0.388 e. The topological polar surface area (TPSA) is 54.4 Å². The van der Waals surface area contributed by atoms with Crippen molar-refractivity contribution >= 4 is 11.6 Å². The summed E-state index contributed by atoms with van der Waals surface area (Å²) >= 11 is 0. The Morgan fingerprint density at radius 3 is 2.61 bits per heavy atom. The summed E-state index contributed by atoms with van der Waals surface area (Å²) in [5.41, 5.74) is 0.672. The molecule has 0 aliphatic heterocycles. The number of hydrogen-bond donors (Lipinski definition) is 1. The van der Waals surface area contributed by atoms with Gasteiger partial charge in [-0.1, -0.05) is 39.8 Å². The summed E-state index contributed by atoms with van der Waals surface area (Å²) in [6, 6.07) is 0. The highest BCUT2D eigenvalue weighted by Crippen LogP contribution is 2.55. The van der Waals surface area contributed by atoms with Gasteiger partial charge in [-0.05, 0) is 42.6 Å². The van der Waals surface area contributed by atoms with Crippen molar-refractivity contribution in [2.45, 2.75) is 65.4 Å². The summed E-state index contributed by atoms with van der Waals surface area (Å²) in [4.78, 5) is 25.4. The molecule has 1 N–H and O–H groups in total. The van der Waals surface area contributed by atoms with Gasteiger partial charge in [0.15, 0.2) is 5.78 Å². The Morgan fingerprint density at radius 1 is 1.22 bits per heavy atom. The monoisotopic (exact) mass is 316 g/mol. The van der Waals surface area contributed by atoms with E-state index in [4.69, 9.17) is 0 Å². The van der Waals surface area contributed by atoms with E-state index in [0.717, 1.165) is 19.3 Å². The molecule has 3 nitrogen and oxygen atoms in total. The van der Waals surface area contributed by atoms with Crippen molar-refractivity contribution in [1.29, 1.82) is 0 Å². The van der Waals surface area contributed by atoms with Gasteiger partial charge in [0.05, 0.1) is 6.10 Å². The van der Waals surface area contributed by atoms with E-state index in [0.29, 0.717) is 36.2 Å². The molecule has 0 heterocycles. The Morgan fingerprint density at radius 2 is 1.91 bits per heavy atom. The molecule has 3 aliphatic carbocycles. The molecular formula is C20H28O3. The summed E-state index contributed by atoms with van der Waals surface area (Å²) in [6.07, 6.45) is 5.73. The van der Waals surface area contributed by atoms with Crippen molar-refractivity contribution in [3.63, 3.8) is 0 Å². The van der Waals surface area contributed by atoms with Gasteiger partial charge in [-0.3, -0.25) is 9.59 Å². The van der Waals surface area contributed by atoms with Crippen LogP contribution in [0.1, 0.15) is 59.3 Å². The van der Waals surface area contributed by atoms with Crippen LogP contribution in [-0.2, 0) is 9.59 Å². The molecule has 23 heavy (non-hydrogen) atoms. The molecule has 0 aromatic heterocycles. The van der Waals surface area contributed by atoms with E-state index in [1.807, 2.05) is 6.08 Å². The van der Waals surface area contributed by atoms with Crippen molar-refractivity contribution in [2.24, 2.45) is 22.7 Å². The van der Waals surface area contributed by atoms with Crippen LogP contribution in [0.15, 0.2) is 23.8 Å². The minimum absolute atomic E-state index is 0.00145. The first-order chi connectivity index (χ1) is 10.7. The summed E-state index contributed by atoms with van der Waals surface area (Å²) in [6.45, 7) is 10.4. The van der Waals surface area contributed by atoms with E-state index in [2.05, 4.69) is 27.4 Å². The zero-order valence-corrected chi connectivity index (χ0v) is 14.5. The molecule has 3 rings (SSSR count). The second-order valence-corrected chi connectivity index (χ2v) is 8.61. The second-order valence-electron chi connectivity index (χ2n) is 8.61. The summed E-state index contributed by atoms with van der Waals surface area (Å²) in [5.74, 6) is 0.219. The number of carbonyl (C=O) groups excluding carboxylic acids is 2. The van der Waals surface area contributed by atoms with Crippen molar-refractivity contribution in [2.75, 3.05) is 0 Å². The molecule has 1 saturated carbocycles. The number of aliphatic hydroxyl groups is 1. The van der Waals surface area contributed by atoms with Gasteiger partial charge in [-0.25, -0.2) is 0 Å². The number of hydrogen-bond acceptors (Lipinski definition) is 3. The number of allylic oxidation sites excluding steroid dienone is 2. The second kappa shape index (κ2) is 5.41. The average Bonchev–Trinajstić information content (AvgIpc) is 2.75. The third-order valence-corrected chi connectivity index (χ3v) is 6.75. The van der Waals surface area contributed by atoms with Gasteiger partial charge in [0.1, 0.15) is 5.78 Å². The van der Waals surface area contributed by atoms with E-state index >= 15 is 0 Å². The standard InChI is InChI=1S/C20H28O3/c1-12-13-6-7-17(22)20(4)9-5-8-19(2,3)16(20)11-15(21)14(10-13)18(12)23/h10,13,15-16,21H,1,5-9,11H2,2-4H3/t13-,15-,16-,20-/m1/s1. The third-order valence-electron chi connectivity index (χ3n) is 6.75. The summed E-state index contributed by atoms with van der Waals surface area (Å²) in [7, 11) is 0. The Bertz CT molecular complexity index is 598. The molecule has 2 bridgehead atoms. The van der Waals surface area contributed by atoms with E-state index in [1.54, 1.807) is 0 Å². The fourth-order valence-electron chi connectivity index (χ4n) is 5.22. The van der Waals surface area contributed by atoms with Crippen LogP contribution in [0.5, 0.6) is 0 Å². The zero-order valence-electron chi connectivity index (χ0n) is 14.5. The zero-order chi connectivity index (χ0) is 17.0. The highest BCUT2D eigenvalue weighted by molar-refractivity contribution is 6.11. The normalized spacial score (nSPS) is 40.6. The number of ketones is 2. The molecule has 0 aromatic rings. The van der Waals surface area contributed by atoms with Crippen LogP contribution in [0, 0.1) is 22.7 Å². The first-order valence-electron chi connectivity index (χ1n) is 8.83. The predicted molar refractivity (Wildman–Crippen MR) is 89.8 cm³/mol. The Balaban J connectivity index is 2.03. The van der Waals surface area contributed by atoms with Crippen molar-refractivity contribution in [3.8, 4) is 0 Å². The van der Waals surface area contributed by atoms with Crippen LogP contribution >= 0.6 is 0 Å². The molecule has 0 saturated heterocycles. The van der Waals surface area contributed by atoms with Gasteiger partial charge in [-0.2, -0.15) is 0 Å². The summed E-state index contributed by atoms with van der Waals surface area (Å²) in [5, 5.41) is 10.7. The molecule has 3 heteroatoms. The lowest BCUT2D eigenvalue weighted by atomic mass is 9.53. The molecule has 1 fully saturated rings. The number of aliphatic hydroxyl groups excluding tert-OH is 1. The van der Waals surface area contributed by atoms with Crippen molar-refractivity contribution in [3.05, 3.63) is 23.8 Å². The van der Waals surface area contributed by atoms with Gasteiger partial charge in [-0.15, -0.1) is 0 Å². The SMILES string of the molecule is C=C1C(=O)C2=C[C@H]1CCC(=O)[C@]1(C)CCCC(C)(C)[C@H]1C[C@H]2O. The van der Waals surface area contributed by atoms with Gasteiger partial charge >= 0.3 is 0 Å². The van der Waals surface area contributed by atoms with E-state index in [9.17, 15) is 14.7 Å². The molecule has 0 spiro atoms. The lowest BCUT2D eigenvalue weighted by Crippen LogP contribution is -2.48. The molecular weight excluding hydrogens is 288 g/mol. The van der Waals surface area contributed by atoms with E-state index in [1.165, 1.54) is 0 Å². The van der Waals surface area contributed by atoms with E-state index in [-0.39, 0.29) is 28.4 Å². The molecule has 0 aromatic carbocycles. The molecule has 4 atom stereocenters. The molecule has 0 amide bonds. The van der Waals surface area contributed by atoms with Gasteiger partial charge in [0, 0.05) is 23.3 Å². The third kappa shape index (κ3) is 2.53. The molecule has 0 unspecified atom stereocenters. The van der Waals surface area contributed by atoms with E-state index < -0.39 is 6.10 Å². The lowest BCUT2D eigenvalue weighted by Gasteiger charge is -2.51. The van der Waals surface area contributed by atoms with Crippen molar-refractivity contribution < 1.29 is 14.7 Å². The Labute approximate surface area is 138 Å². The smallest absolute Gasteiger partial charge is 0.187 e. The highest BCUT2D eigenvalue weighted by Gasteiger charge is 2.52. The molecule has 3 aliphatic rings. The Hall–Kier alpha value is -1.22. The highest BCUT2D eigenvalue weighted by atomic mass is 16.3. The van der Waals surface area contributed by atoms with Crippen LogP contribution in [0.3, 0.4) is 0 Å². The average molecular weight is 316 g/mol. The molecule has 0 radical (unpaired) electrons. The number of carbonyl (C=O) groups is 2. The number of fused-ring (bicyclic) bond motifs is 2. The van der Waals surface area contributed by atoms with Crippen LogP contribution < -0.4 is 0 Å². The maximum absolute atomic E-state index is 13.0. The number of rotatable bonds is 0. The first-order valence-corrected chi connectivity index (χ1v) is 8.83. The van der Waals surface area contributed by atoms with Gasteiger partial charge in [0.25, 0.3) is 0 Å². The minimum atomic E-state index is -0.781. The van der Waals surface area contributed by atoms with Crippen LogP contribution in [0.25, 0.3) is 0 Å². The lowest BCUT2D eigenvalue weighted by molar-refractivity contribution is -0.140. The fourth-order valence-corrected chi connectivity index (χ4v) is 5.22. The number of Topliss-reactive ketones (excluding diaryl/α,β-unsaturated/α-hetero) is 2. The van der Waals surface area contributed by atoms with Crippen molar-refractivity contribution in [1.82, 2.24) is 0 Å². The molecule has 126 valence electrons. The van der Waals surface area contributed by atoms with Crippen LogP contribution in [0.4, 0.5) is 0 Å².